The number of benzene rings is 1. The van der Waals surface area contributed by atoms with Crippen molar-refractivity contribution in [3.05, 3.63) is 42.2 Å². The van der Waals surface area contributed by atoms with Crippen LogP contribution in [0.1, 0.15) is 27.2 Å². The van der Waals surface area contributed by atoms with Gasteiger partial charge in [0.05, 0.1) is 23.3 Å². The van der Waals surface area contributed by atoms with E-state index < -0.39 is 8.32 Å². The number of rotatable bonds is 4. The third kappa shape index (κ3) is 3.55. The number of allylic oxidation sites excluding steroid dienone is 1. The number of fused-ring (bicyclic) bond motifs is 1. The van der Waals surface area contributed by atoms with Crippen LogP contribution in [0.15, 0.2) is 42.2 Å². The highest BCUT2D eigenvalue weighted by Gasteiger charge is 2.54. The Morgan fingerprint density at radius 3 is 2.21 bits per heavy atom. The topological polar surface area (TPSA) is 49.9 Å². The van der Waals surface area contributed by atoms with E-state index in [1.165, 1.54) is 4.90 Å². The summed E-state index contributed by atoms with van der Waals surface area (Å²) < 4.78 is 6.55. The van der Waals surface area contributed by atoms with Crippen LogP contribution < -0.4 is 4.90 Å². The number of carbonyl (C=O) groups is 2. The van der Waals surface area contributed by atoms with Crippen molar-refractivity contribution in [2.45, 2.75) is 51.4 Å². The van der Waals surface area contributed by atoms with Crippen molar-refractivity contribution < 1.29 is 14.0 Å². The maximum atomic E-state index is 13.2. The fraction of sp³-hybridized carbons (Fsp3) is 0.545. The first-order chi connectivity index (χ1) is 12.9. The van der Waals surface area contributed by atoms with Gasteiger partial charge in [-0.25, -0.2) is 4.90 Å². The molecule has 0 bridgehead atoms. The van der Waals surface area contributed by atoms with Gasteiger partial charge in [0.15, 0.2) is 0 Å². The van der Waals surface area contributed by atoms with Crippen molar-refractivity contribution in [2.75, 3.05) is 19.0 Å². The average Bonchev–Trinajstić information content (AvgIpc) is 2.84. The second-order valence-corrected chi connectivity index (χ2v) is 14.4. The maximum absolute atomic E-state index is 13.2. The zero-order valence-electron chi connectivity index (χ0n) is 18.0. The number of hydrogen-bond donors (Lipinski definition) is 0. The van der Waals surface area contributed by atoms with Crippen molar-refractivity contribution in [3.63, 3.8) is 0 Å². The normalized spacial score (nSPS) is 25.8. The SMILES string of the molecule is CN(C)[C@@H]1C=C(O[Si](C)(C)C(C)(C)C)C[C@@H]2C(=O)N(c3ccccc3)C(=O)[C@@H]21. The molecule has 3 atom stereocenters. The van der Waals surface area contributed by atoms with Gasteiger partial charge in [0.25, 0.3) is 0 Å². The summed E-state index contributed by atoms with van der Waals surface area (Å²) in [5, 5.41) is 0.0733. The number of anilines is 1. The molecule has 1 fully saturated rings. The quantitative estimate of drug-likeness (QED) is 0.565. The lowest BCUT2D eigenvalue weighted by molar-refractivity contribution is -0.122. The molecule has 152 valence electrons. The van der Waals surface area contributed by atoms with Crippen molar-refractivity contribution >= 4 is 25.8 Å². The van der Waals surface area contributed by atoms with Crippen LogP contribution in [0.2, 0.25) is 18.1 Å². The van der Waals surface area contributed by atoms with Crippen molar-refractivity contribution in [3.8, 4) is 0 Å². The molecule has 28 heavy (non-hydrogen) atoms. The minimum absolute atomic E-state index is 0.0733. The molecule has 2 aliphatic rings. The predicted octanol–water partition coefficient (Wildman–Crippen LogP) is 4.03. The molecular weight excluding hydrogens is 368 g/mol. The molecule has 1 heterocycles. The predicted molar refractivity (Wildman–Crippen MR) is 114 cm³/mol. The van der Waals surface area contributed by atoms with Gasteiger partial charge in [0, 0.05) is 12.5 Å². The number of likely N-dealkylation sites (N-methyl/N-ethyl adjacent to an activating group) is 1. The molecular formula is C22H32N2O3Si. The fourth-order valence-electron chi connectivity index (χ4n) is 3.78. The van der Waals surface area contributed by atoms with E-state index in [0.29, 0.717) is 12.1 Å². The standard InChI is InChI=1S/C22H32N2O3Si/c1-22(2,3)28(6,7)27-16-13-17-19(18(14-16)23(4)5)21(26)24(20(17)25)15-11-9-8-10-12-15/h8-12,14,17-19H,13H2,1-7H3/t17-,18+,19-/m0/s1. The van der Waals surface area contributed by atoms with Crippen molar-refractivity contribution in [2.24, 2.45) is 11.8 Å². The monoisotopic (exact) mass is 400 g/mol. The summed E-state index contributed by atoms with van der Waals surface area (Å²) in [7, 11) is 1.89. The molecule has 1 aliphatic carbocycles. The highest BCUT2D eigenvalue weighted by molar-refractivity contribution is 6.74. The Kier molecular flexibility index (Phi) is 5.32. The Morgan fingerprint density at radius 1 is 1.07 bits per heavy atom. The van der Waals surface area contributed by atoms with E-state index in [9.17, 15) is 9.59 Å². The van der Waals surface area contributed by atoms with Gasteiger partial charge in [-0.15, -0.1) is 0 Å². The van der Waals surface area contributed by atoms with Gasteiger partial charge in [0.1, 0.15) is 0 Å². The van der Waals surface area contributed by atoms with Gasteiger partial charge in [0.2, 0.25) is 20.1 Å². The first kappa shape index (κ1) is 20.8. The van der Waals surface area contributed by atoms with Gasteiger partial charge < -0.3 is 9.33 Å². The molecule has 1 aliphatic heterocycles. The van der Waals surface area contributed by atoms with Crippen LogP contribution in [-0.2, 0) is 14.0 Å². The Hall–Kier alpha value is -1.92. The van der Waals surface area contributed by atoms with E-state index in [2.05, 4.69) is 39.9 Å². The number of para-hydroxylation sites is 1. The van der Waals surface area contributed by atoms with Crippen LogP contribution in [0.25, 0.3) is 0 Å². The number of carbonyl (C=O) groups excluding carboxylic acids is 2. The molecule has 6 heteroatoms. The number of hydrogen-bond acceptors (Lipinski definition) is 4. The fourth-order valence-corrected chi connectivity index (χ4v) is 4.90. The average molecular weight is 401 g/mol. The number of nitrogens with zero attached hydrogens (tertiary/aromatic N) is 2. The third-order valence-corrected chi connectivity index (χ3v) is 10.8. The number of amides is 2. The molecule has 0 radical (unpaired) electrons. The molecule has 2 amide bonds. The summed E-state index contributed by atoms with van der Waals surface area (Å²) in [6.07, 6.45) is 2.57. The van der Waals surface area contributed by atoms with Crippen LogP contribution in [-0.4, -0.2) is 45.2 Å². The Balaban J connectivity index is 1.95. The van der Waals surface area contributed by atoms with Gasteiger partial charge in [-0.2, -0.15) is 0 Å². The molecule has 0 unspecified atom stereocenters. The molecule has 0 N–H and O–H groups in total. The summed E-state index contributed by atoms with van der Waals surface area (Å²) in [5.74, 6) is -0.0954. The van der Waals surface area contributed by atoms with E-state index >= 15 is 0 Å². The van der Waals surface area contributed by atoms with Gasteiger partial charge in [-0.1, -0.05) is 39.0 Å². The van der Waals surface area contributed by atoms with E-state index in [-0.39, 0.29) is 34.7 Å². The zero-order chi connectivity index (χ0) is 20.9. The molecule has 0 saturated carbocycles. The van der Waals surface area contributed by atoms with E-state index in [1.54, 1.807) is 0 Å². The summed E-state index contributed by atoms with van der Waals surface area (Å²) in [6.45, 7) is 11.0. The highest BCUT2D eigenvalue weighted by atomic mass is 28.4. The minimum Gasteiger partial charge on any atom is -0.547 e. The Morgan fingerprint density at radius 2 is 1.68 bits per heavy atom. The van der Waals surface area contributed by atoms with E-state index in [4.69, 9.17) is 4.43 Å². The summed E-state index contributed by atoms with van der Waals surface area (Å²) in [6, 6.07) is 9.08. The lowest BCUT2D eigenvalue weighted by Crippen LogP contribution is -2.45. The largest absolute Gasteiger partial charge is 0.547 e. The minimum atomic E-state index is -2.02. The first-order valence-corrected chi connectivity index (χ1v) is 12.8. The van der Waals surface area contributed by atoms with E-state index in [1.807, 2.05) is 49.3 Å². The van der Waals surface area contributed by atoms with Crippen LogP contribution in [0, 0.1) is 11.8 Å². The second kappa shape index (κ2) is 7.15. The molecule has 1 aromatic carbocycles. The highest BCUT2D eigenvalue weighted by Crippen LogP contribution is 2.44. The smallest absolute Gasteiger partial charge is 0.250 e. The molecule has 1 aromatic rings. The molecule has 0 aromatic heterocycles. The summed E-state index contributed by atoms with van der Waals surface area (Å²) >= 11 is 0. The summed E-state index contributed by atoms with van der Waals surface area (Å²) in [5.41, 5.74) is 0.649. The molecule has 1 saturated heterocycles. The van der Waals surface area contributed by atoms with Crippen LogP contribution in [0.5, 0.6) is 0 Å². The van der Waals surface area contributed by atoms with Crippen LogP contribution in [0.4, 0.5) is 5.69 Å². The van der Waals surface area contributed by atoms with E-state index in [0.717, 1.165) is 5.76 Å². The van der Waals surface area contributed by atoms with Crippen molar-refractivity contribution in [1.29, 1.82) is 0 Å². The lowest BCUT2D eigenvalue weighted by atomic mass is 9.80. The zero-order valence-corrected chi connectivity index (χ0v) is 19.0. The van der Waals surface area contributed by atoms with Gasteiger partial charge in [-0.3, -0.25) is 9.59 Å². The number of imide groups is 1. The molecule has 0 spiro atoms. The Labute approximate surface area is 169 Å². The van der Waals surface area contributed by atoms with Gasteiger partial charge in [-0.05, 0) is 50.4 Å². The maximum Gasteiger partial charge on any atom is 0.250 e. The molecule has 3 rings (SSSR count). The Bertz CT molecular complexity index is 796. The van der Waals surface area contributed by atoms with Crippen LogP contribution >= 0.6 is 0 Å². The summed E-state index contributed by atoms with van der Waals surface area (Å²) in [4.78, 5) is 29.9. The third-order valence-electron chi connectivity index (χ3n) is 6.43. The second-order valence-electron chi connectivity index (χ2n) is 9.63. The van der Waals surface area contributed by atoms with Crippen molar-refractivity contribution in [1.82, 2.24) is 4.90 Å². The molecule has 5 nitrogen and oxygen atoms in total. The van der Waals surface area contributed by atoms with Gasteiger partial charge >= 0.3 is 0 Å². The van der Waals surface area contributed by atoms with Crippen LogP contribution in [0.3, 0.4) is 0 Å². The first-order valence-electron chi connectivity index (χ1n) is 9.93. The lowest BCUT2D eigenvalue weighted by Gasteiger charge is -2.40.